The number of ether oxygens (including phenoxy) is 2. The van der Waals surface area contributed by atoms with Crippen molar-refractivity contribution in [3.05, 3.63) is 32.6 Å². The largest absolute Gasteiger partial charge is 0.494 e. The lowest BCUT2D eigenvalue weighted by Gasteiger charge is -1.95. The van der Waals surface area contributed by atoms with Crippen molar-refractivity contribution in [2.45, 2.75) is 0 Å². The molecule has 0 fully saturated rings. The lowest BCUT2D eigenvalue weighted by Crippen LogP contribution is -1.92. The minimum absolute atomic E-state index is 0.00188. The number of aromatic nitrogens is 1. The number of H-pyrrole nitrogens is 1. The molecule has 0 saturated carbocycles. The van der Waals surface area contributed by atoms with Crippen LogP contribution >= 0.6 is 23.6 Å². The second kappa shape index (κ2) is 5.43. The maximum absolute atomic E-state index is 9.47. The number of hydrogen-bond acceptors (Lipinski definition) is 7. The Kier molecular flexibility index (Phi) is 3.48. The molecule has 1 aromatic carbocycles. The summed E-state index contributed by atoms with van der Waals surface area (Å²) in [4.78, 5) is 3.15. The van der Waals surface area contributed by atoms with Crippen LogP contribution in [0.15, 0.2) is 28.4 Å². The smallest absolute Gasteiger partial charge is 0.231 e. The quantitative estimate of drug-likeness (QED) is 0.519. The Balaban J connectivity index is 1.71. The molecule has 6 nitrogen and oxygen atoms in total. The van der Waals surface area contributed by atoms with Gasteiger partial charge in [0.15, 0.2) is 15.5 Å². The molecule has 0 atom stereocenters. The SMILES string of the molecule is Oc1[nH]c(=S)sc1/C=N/N=C/c1ccc2c(c1)OCO2. The molecular weight excluding hydrogens is 298 g/mol. The van der Waals surface area contributed by atoms with E-state index in [1.165, 1.54) is 17.6 Å². The van der Waals surface area contributed by atoms with Gasteiger partial charge in [0.25, 0.3) is 0 Å². The summed E-state index contributed by atoms with van der Waals surface area (Å²) in [5.74, 6) is 1.42. The van der Waals surface area contributed by atoms with E-state index in [1.807, 2.05) is 18.2 Å². The number of aromatic hydroxyl groups is 1. The molecule has 102 valence electrons. The summed E-state index contributed by atoms with van der Waals surface area (Å²) in [5, 5.41) is 17.2. The Morgan fingerprint density at radius 2 is 2.05 bits per heavy atom. The maximum atomic E-state index is 9.47. The van der Waals surface area contributed by atoms with Crippen LogP contribution < -0.4 is 9.47 Å². The van der Waals surface area contributed by atoms with Crippen molar-refractivity contribution in [1.82, 2.24) is 4.98 Å². The highest BCUT2D eigenvalue weighted by Crippen LogP contribution is 2.31. The number of nitrogens with zero attached hydrogens (tertiary/aromatic N) is 2. The summed E-state index contributed by atoms with van der Waals surface area (Å²) >= 11 is 6.13. The highest BCUT2D eigenvalue weighted by atomic mass is 32.1. The van der Waals surface area contributed by atoms with E-state index in [0.29, 0.717) is 14.6 Å². The van der Waals surface area contributed by atoms with Crippen LogP contribution in [0.1, 0.15) is 10.4 Å². The molecule has 2 aromatic rings. The first kappa shape index (κ1) is 12.8. The number of thiazole rings is 1. The van der Waals surface area contributed by atoms with Crippen LogP contribution in [0, 0.1) is 3.95 Å². The molecule has 0 unspecified atom stereocenters. The van der Waals surface area contributed by atoms with Crippen LogP contribution in [0.25, 0.3) is 0 Å². The predicted octanol–water partition coefficient (Wildman–Crippen LogP) is 2.69. The predicted molar refractivity (Wildman–Crippen MR) is 78.9 cm³/mol. The van der Waals surface area contributed by atoms with E-state index in [-0.39, 0.29) is 12.7 Å². The van der Waals surface area contributed by atoms with Crippen molar-refractivity contribution in [2.75, 3.05) is 6.79 Å². The van der Waals surface area contributed by atoms with Gasteiger partial charge in [-0.25, -0.2) is 0 Å². The second-order valence-corrected chi connectivity index (χ2v) is 5.55. The molecule has 1 aromatic heterocycles. The van der Waals surface area contributed by atoms with E-state index in [0.717, 1.165) is 11.3 Å². The zero-order valence-electron chi connectivity index (χ0n) is 10.1. The fourth-order valence-corrected chi connectivity index (χ4v) is 2.56. The van der Waals surface area contributed by atoms with E-state index in [2.05, 4.69) is 15.2 Å². The van der Waals surface area contributed by atoms with Gasteiger partial charge in [-0.05, 0) is 36.0 Å². The van der Waals surface area contributed by atoms with Gasteiger partial charge in [0.05, 0.1) is 12.4 Å². The van der Waals surface area contributed by atoms with Crippen LogP contribution in [0.2, 0.25) is 0 Å². The number of nitrogens with one attached hydrogen (secondary N) is 1. The summed E-state index contributed by atoms with van der Waals surface area (Å²) in [7, 11) is 0. The number of aromatic amines is 1. The zero-order chi connectivity index (χ0) is 13.9. The molecule has 1 aliphatic heterocycles. The van der Waals surface area contributed by atoms with E-state index in [4.69, 9.17) is 21.7 Å². The zero-order valence-corrected chi connectivity index (χ0v) is 11.7. The van der Waals surface area contributed by atoms with Gasteiger partial charge >= 0.3 is 0 Å². The number of benzene rings is 1. The molecule has 20 heavy (non-hydrogen) atoms. The summed E-state index contributed by atoms with van der Waals surface area (Å²) < 4.78 is 11.0. The average Bonchev–Trinajstić information content (AvgIpc) is 3.00. The summed E-state index contributed by atoms with van der Waals surface area (Å²) in [5.41, 5.74) is 0.845. The Hall–Kier alpha value is -2.19. The third-order valence-corrected chi connectivity index (χ3v) is 3.66. The normalized spacial score (nSPS) is 13.6. The molecule has 3 rings (SSSR count). The Morgan fingerprint density at radius 3 is 2.85 bits per heavy atom. The minimum Gasteiger partial charge on any atom is -0.494 e. The van der Waals surface area contributed by atoms with Gasteiger partial charge in [-0.2, -0.15) is 10.2 Å². The van der Waals surface area contributed by atoms with Crippen molar-refractivity contribution in [3.8, 4) is 17.4 Å². The average molecular weight is 307 g/mol. The summed E-state index contributed by atoms with van der Waals surface area (Å²) in [6.07, 6.45) is 3.03. The summed E-state index contributed by atoms with van der Waals surface area (Å²) in [6, 6.07) is 5.49. The van der Waals surface area contributed by atoms with Crippen molar-refractivity contribution in [1.29, 1.82) is 0 Å². The van der Waals surface area contributed by atoms with Gasteiger partial charge in [0.2, 0.25) is 12.7 Å². The van der Waals surface area contributed by atoms with Gasteiger partial charge in [0.1, 0.15) is 4.88 Å². The highest BCUT2D eigenvalue weighted by Gasteiger charge is 2.12. The van der Waals surface area contributed by atoms with E-state index >= 15 is 0 Å². The molecule has 0 amide bonds. The fraction of sp³-hybridized carbons (Fsp3) is 0.0833. The Bertz CT molecular complexity index is 749. The van der Waals surface area contributed by atoms with Gasteiger partial charge in [0, 0.05) is 0 Å². The van der Waals surface area contributed by atoms with Gasteiger partial charge in [-0.1, -0.05) is 11.3 Å². The first-order chi connectivity index (χ1) is 9.72. The molecule has 2 N–H and O–H groups in total. The number of rotatable bonds is 3. The summed E-state index contributed by atoms with van der Waals surface area (Å²) in [6.45, 7) is 0.242. The third kappa shape index (κ3) is 2.70. The van der Waals surface area contributed by atoms with Crippen molar-refractivity contribution < 1.29 is 14.6 Å². The van der Waals surface area contributed by atoms with E-state index in [9.17, 15) is 5.11 Å². The fourth-order valence-electron chi connectivity index (χ4n) is 1.60. The van der Waals surface area contributed by atoms with Crippen LogP contribution in [0.4, 0.5) is 0 Å². The van der Waals surface area contributed by atoms with Crippen LogP contribution in [-0.2, 0) is 0 Å². The first-order valence-electron chi connectivity index (χ1n) is 5.60. The second-order valence-electron chi connectivity index (χ2n) is 3.83. The molecule has 8 heteroatoms. The number of hydrogen-bond donors (Lipinski definition) is 2. The van der Waals surface area contributed by atoms with Crippen LogP contribution in [-0.4, -0.2) is 29.3 Å². The molecular formula is C12H9N3O3S2. The van der Waals surface area contributed by atoms with Crippen molar-refractivity contribution in [3.63, 3.8) is 0 Å². The van der Waals surface area contributed by atoms with E-state index < -0.39 is 0 Å². The Labute approximate surface area is 123 Å². The topological polar surface area (TPSA) is 79.2 Å². The lowest BCUT2D eigenvalue weighted by atomic mass is 10.2. The van der Waals surface area contributed by atoms with Crippen molar-refractivity contribution in [2.24, 2.45) is 10.2 Å². The first-order valence-corrected chi connectivity index (χ1v) is 6.83. The molecule has 0 spiro atoms. The van der Waals surface area contributed by atoms with Gasteiger partial charge < -0.3 is 19.6 Å². The van der Waals surface area contributed by atoms with Gasteiger partial charge in [-0.3, -0.25) is 0 Å². The minimum atomic E-state index is 0.00188. The Morgan fingerprint density at radius 1 is 1.25 bits per heavy atom. The molecule has 0 aliphatic carbocycles. The standard InChI is InChI=1S/C12H9N3O3S2/c16-11-10(20-12(19)15-11)5-14-13-4-7-1-2-8-9(3-7)18-6-17-8/h1-5,16H,6H2,(H,15,19)/b13-4+,14-5+. The number of fused-ring (bicyclic) bond motifs is 1. The van der Waals surface area contributed by atoms with E-state index in [1.54, 1.807) is 6.21 Å². The van der Waals surface area contributed by atoms with Crippen LogP contribution in [0.5, 0.6) is 17.4 Å². The third-order valence-electron chi connectivity index (χ3n) is 2.50. The lowest BCUT2D eigenvalue weighted by molar-refractivity contribution is 0.174. The molecule has 2 heterocycles. The molecule has 1 aliphatic rings. The molecule has 0 saturated heterocycles. The van der Waals surface area contributed by atoms with Crippen molar-refractivity contribution >= 4 is 36.0 Å². The maximum Gasteiger partial charge on any atom is 0.231 e. The highest BCUT2D eigenvalue weighted by molar-refractivity contribution is 7.73. The molecule has 0 bridgehead atoms. The monoisotopic (exact) mass is 307 g/mol. The van der Waals surface area contributed by atoms with Crippen LogP contribution in [0.3, 0.4) is 0 Å². The van der Waals surface area contributed by atoms with Gasteiger partial charge in [-0.15, -0.1) is 0 Å². The molecule has 0 radical (unpaired) electrons.